The highest BCUT2D eigenvalue weighted by Crippen LogP contribution is 2.19. The minimum Gasteiger partial charge on any atom is -0.389 e. The summed E-state index contributed by atoms with van der Waals surface area (Å²) in [5.74, 6) is 0. The van der Waals surface area contributed by atoms with Crippen molar-refractivity contribution in [3.8, 4) is 0 Å². The fourth-order valence-electron chi connectivity index (χ4n) is 3.20. The summed E-state index contributed by atoms with van der Waals surface area (Å²) in [7, 11) is 0. The molecule has 0 bridgehead atoms. The molecule has 1 aromatic carbocycles. The van der Waals surface area contributed by atoms with E-state index in [4.69, 9.17) is 16.3 Å². The van der Waals surface area contributed by atoms with Crippen LogP contribution in [0.5, 0.6) is 0 Å². The van der Waals surface area contributed by atoms with Crippen molar-refractivity contribution in [3.05, 3.63) is 34.9 Å². The molecule has 1 aromatic rings. The second-order valence-corrected chi connectivity index (χ2v) is 7.43. The number of likely N-dealkylation sites (tertiary alicyclic amines) is 1. The van der Waals surface area contributed by atoms with Crippen molar-refractivity contribution in [2.75, 3.05) is 39.3 Å². The van der Waals surface area contributed by atoms with Crippen molar-refractivity contribution in [1.29, 1.82) is 0 Å². The van der Waals surface area contributed by atoms with Crippen LogP contribution in [0, 0.1) is 0 Å². The van der Waals surface area contributed by atoms with E-state index in [9.17, 15) is 5.11 Å². The van der Waals surface area contributed by atoms with Crippen LogP contribution in [0.4, 0.5) is 0 Å². The van der Waals surface area contributed by atoms with Gasteiger partial charge in [-0.25, -0.2) is 0 Å². The quantitative estimate of drug-likeness (QED) is 0.619. The topological polar surface area (TPSA) is 44.7 Å². The third kappa shape index (κ3) is 8.52. The predicted molar refractivity (Wildman–Crippen MR) is 104 cm³/mol. The van der Waals surface area contributed by atoms with E-state index in [1.165, 1.54) is 38.8 Å². The van der Waals surface area contributed by atoms with E-state index in [0.29, 0.717) is 13.2 Å². The summed E-state index contributed by atoms with van der Waals surface area (Å²) in [5, 5.41) is 14.1. The van der Waals surface area contributed by atoms with Gasteiger partial charge in [-0.3, -0.25) is 0 Å². The fraction of sp³-hybridized carbons (Fsp3) is 0.700. The number of nitrogens with one attached hydrogen (secondary N) is 1. The number of nitrogens with zero attached hydrogens (tertiary/aromatic N) is 1. The molecule has 25 heavy (non-hydrogen) atoms. The van der Waals surface area contributed by atoms with Crippen LogP contribution in [0.25, 0.3) is 0 Å². The number of aliphatic hydroxyl groups excluding tert-OH is 1. The van der Waals surface area contributed by atoms with E-state index in [1.807, 2.05) is 31.2 Å². The fourth-order valence-corrected chi connectivity index (χ4v) is 3.33. The van der Waals surface area contributed by atoms with E-state index < -0.39 is 6.10 Å². The molecular weight excluding hydrogens is 336 g/mol. The highest BCUT2D eigenvalue weighted by atomic mass is 35.5. The van der Waals surface area contributed by atoms with Crippen molar-refractivity contribution in [3.63, 3.8) is 0 Å². The van der Waals surface area contributed by atoms with E-state index in [1.54, 1.807) is 0 Å². The molecule has 0 aliphatic carbocycles. The average Bonchev–Trinajstić information content (AvgIpc) is 2.89. The highest BCUT2D eigenvalue weighted by Gasteiger charge is 2.11. The van der Waals surface area contributed by atoms with Crippen LogP contribution in [-0.2, 0) is 4.74 Å². The Morgan fingerprint density at radius 1 is 1.16 bits per heavy atom. The summed E-state index contributed by atoms with van der Waals surface area (Å²) in [6, 6.07) is 7.64. The maximum atomic E-state index is 10.1. The van der Waals surface area contributed by atoms with E-state index in [0.717, 1.165) is 30.1 Å². The van der Waals surface area contributed by atoms with Crippen LogP contribution in [0.1, 0.15) is 50.7 Å². The lowest BCUT2D eigenvalue weighted by Crippen LogP contribution is -2.33. The molecular formula is C20H33ClN2O2. The number of ether oxygens (including phenoxy) is 1. The molecule has 0 unspecified atom stereocenters. The molecule has 0 amide bonds. The number of aliphatic hydroxyl groups is 1. The van der Waals surface area contributed by atoms with Crippen molar-refractivity contribution in [2.24, 2.45) is 0 Å². The second-order valence-electron chi connectivity index (χ2n) is 6.99. The first-order valence-electron chi connectivity index (χ1n) is 9.63. The normalized spacial score (nSPS) is 18.7. The van der Waals surface area contributed by atoms with Gasteiger partial charge in [-0.15, -0.1) is 0 Å². The van der Waals surface area contributed by atoms with Gasteiger partial charge < -0.3 is 20.1 Å². The van der Waals surface area contributed by atoms with Gasteiger partial charge in [0.15, 0.2) is 0 Å². The summed E-state index contributed by atoms with van der Waals surface area (Å²) >= 11 is 5.89. The number of benzene rings is 1. The lowest BCUT2D eigenvalue weighted by molar-refractivity contribution is -0.00200. The largest absolute Gasteiger partial charge is 0.389 e. The number of halogens is 1. The second kappa shape index (κ2) is 11.9. The zero-order chi connectivity index (χ0) is 17.9. The van der Waals surface area contributed by atoms with Gasteiger partial charge in [-0.05, 0) is 70.1 Å². The lowest BCUT2D eigenvalue weighted by Gasteiger charge is -2.20. The van der Waals surface area contributed by atoms with E-state index >= 15 is 0 Å². The van der Waals surface area contributed by atoms with Crippen molar-refractivity contribution in [1.82, 2.24) is 10.2 Å². The van der Waals surface area contributed by atoms with Gasteiger partial charge in [-0.2, -0.15) is 0 Å². The first-order chi connectivity index (χ1) is 12.1. The molecule has 0 saturated carbocycles. The number of hydrogen-bond donors (Lipinski definition) is 2. The zero-order valence-electron chi connectivity index (χ0n) is 15.4. The van der Waals surface area contributed by atoms with Gasteiger partial charge in [0.1, 0.15) is 0 Å². The van der Waals surface area contributed by atoms with Crippen LogP contribution in [0.3, 0.4) is 0 Å². The average molecular weight is 369 g/mol. The third-order valence-corrected chi connectivity index (χ3v) is 5.04. The SMILES string of the molecule is C[C@@H](OC[C@H](O)CNCCCN1CCCCCC1)c1ccc(Cl)cc1. The summed E-state index contributed by atoms with van der Waals surface area (Å²) < 4.78 is 5.75. The Morgan fingerprint density at radius 3 is 2.52 bits per heavy atom. The van der Waals surface area contributed by atoms with Gasteiger partial charge in [0, 0.05) is 11.6 Å². The zero-order valence-corrected chi connectivity index (χ0v) is 16.2. The molecule has 0 spiro atoms. The Labute approximate surface area is 157 Å². The van der Waals surface area contributed by atoms with Gasteiger partial charge in [-0.1, -0.05) is 36.6 Å². The number of hydrogen-bond acceptors (Lipinski definition) is 4. The molecule has 2 N–H and O–H groups in total. The maximum absolute atomic E-state index is 10.1. The number of rotatable bonds is 10. The summed E-state index contributed by atoms with van der Waals surface area (Å²) in [4.78, 5) is 2.57. The van der Waals surface area contributed by atoms with Crippen LogP contribution >= 0.6 is 11.6 Å². The minimum absolute atomic E-state index is 0.0463. The molecule has 142 valence electrons. The monoisotopic (exact) mass is 368 g/mol. The molecule has 1 saturated heterocycles. The lowest BCUT2D eigenvalue weighted by atomic mass is 10.1. The van der Waals surface area contributed by atoms with Crippen LogP contribution < -0.4 is 5.32 Å². The Hall–Kier alpha value is -0.650. The van der Waals surface area contributed by atoms with Crippen LogP contribution in [0.15, 0.2) is 24.3 Å². The molecule has 1 aliphatic rings. The van der Waals surface area contributed by atoms with Crippen LogP contribution in [-0.4, -0.2) is 55.4 Å². The summed E-state index contributed by atoms with van der Waals surface area (Å²) in [6.45, 7) is 7.51. The first-order valence-corrected chi connectivity index (χ1v) is 10.0. The highest BCUT2D eigenvalue weighted by molar-refractivity contribution is 6.30. The Morgan fingerprint density at radius 2 is 1.84 bits per heavy atom. The molecule has 4 nitrogen and oxygen atoms in total. The Kier molecular flexibility index (Phi) is 9.81. The van der Waals surface area contributed by atoms with Gasteiger partial charge in [0.25, 0.3) is 0 Å². The van der Waals surface area contributed by atoms with E-state index in [-0.39, 0.29) is 6.10 Å². The minimum atomic E-state index is -0.479. The molecule has 2 atom stereocenters. The predicted octanol–water partition coefficient (Wildman–Crippen LogP) is 3.63. The molecule has 0 radical (unpaired) electrons. The standard InChI is InChI=1S/C20H33ClN2O2/c1-17(18-7-9-19(21)10-8-18)25-16-20(24)15-22-11-6-14-23-12-4-2-3-5-13-23/h7-10,17,20,22,24H,2-6,11-16H2,1H3/t17-,20-/m1/s1. The molecule has 0 aromatic heterocycles. The third-order valence-electron chi connectivity index (χ3n) is 4.78. The van der Waals surface area contributed by atoms with Crippen molar-refractivity contribution >= 4 is 11.6 Å². The molecule has 1 fully saturated rings. The van der Waals surface area contributed by atoms with Gasteiger partial charge in [0.2, 0.25) is 0 Å². The molecule has 2 rings (SSSR count). The molecule has 5 heteroatoms. The molecule has 1 heterocycles. The van der Waals surface area contributed by atoms with Gasteiger partial charge >= 0.3 is 0 Å². The summed E-state index contributed by atoms with van der Waals surface area (Å²) in [6.07, 6.45) is 6.06. The smallest absolute Gasteiger partial charge is 0.0897 e. The maximum Gasteiger partial charge on any atom is 0.0897 e. The van der Waals surface area contributed by atoms with Gasteiger partial charge in [0.05, 0.1) is 18.8 Å². The molecule has 1 aliphatic heterocycles. The Bertz CT molecular complexity index is 461. The van der Waals surface area contributed by atoms with Crippen molar-refractivity contribution in [2.45, 2.75) is 51.2 Å². The van der Waals surface area contributed by atoms with Crippen molar-refractivity contribution < 1.29 is 9.84 Å². The summed E-state index contributed by atoms with van der Waals surface area (Å²) in [5.41, 5.74) is 1.07. The van der Waals surface area contributed by atoms with Crippen LogP contribution in [0.2, 0.25) is 5.02 Å². The van der Waals surface area contributed by atoms with E-state index in [2.05, 4.69) is 10.2 Å². The Balaban J connectivity index is 1.51. The first kappa shape index (κ1) is 20.7.